The van der Waals surface area contributed by atoms with Gasteiger partial charge in [0.15, 0.2) is 0 Å². The lowest BCUT2D eigenvalue weighted by molar-refractivity contribution is 0.407. The zero-order valence-electron chi connectivity index (χ0n) is 10.9. The SMILES string of the molecule is CCNC1(c2nccs2)CCc2ccc(C)cc21. The fourth-order valence-corrected chi connectivity index (χ4v) is 3.84. The van der Waals surface area contributed by atoms with Crippen molar-refractivity contribution in [1.82, 2.24) is 10.3 Å². The molecule has 3 rings (SSSR count). The zero-order chi connectivity index (χ0) is 12.6. The molecule has 0 saturated carbocycles. The summed E-state index contributed by atoms with van der Waals surface area (Å²) in [5.41, 5.74) is 4.18. The Morgan fingerprint density at radius 2 is 2.33 bits per heavy atom. The number of benzene rings is 1. The molecule has 0 radical (unpaired) electrons. The number of fused-ring (bicyclic) bond motifs is 1. The van der Waals surface area contributed by atoms with Crippen LogP contribution in [0.2, 0.25) is 0 Å². The van der Waals surface area contributed by atoms with Gasteiger partial charge in [0.25, 0.3) is 0 Å². The van der Waals surface area contributed by atoms with Gasteiger partial charge in [0.2, 0.25) is 0 Å². The van der Waals surface area contributed by atoms with Crippen molar-refractivity contribution in [2.75, 3.05) is 6.54 Å². The summed E-state index contributed by atoms with van der Waals surface area (Å²) in [6.45, 7) is 5.30. The summed E-state index contributed by atoms with van der Waals surface area (Å²) < 4.78 is 0. The van der Waals surface area contributed by atoms with E-state index in [1.165, 1.54) is 21.7 Å². The second kappa shape index (κ2) is 4.48. The minimum atomic E-state index is -0.0513. The molecule has 1 N–H and O–H groups in total. The molecule has 1 heterocycles. The number of thiazole rings is 1. The molecule has 94 valence electrons. The van der Waals surface area contributed by atoms with Crippen LogP contribution in [0, 0.1) is 6.92 Å². The summed E-state index contributed by atoms with van der Waals surface area (Å²) in [5.74, 6) is 0. The molecule has 0 amide bonds. The number of aromatic nitrogens is 1. The van der Waals surface area contributed by atoms with Gasteiger partial charge in [-0.15, -0.1) is 11.3 Å². The van der Waals surface area contributed by atoms with Crippen LogP contribution in [-0.4, -0.2) is 11.5 Å². The molecular formula is C15H18N2S. The third-order valence-electron chi connectivity index (χ3n) is 3.77. The Morgan fingerprint density at radius 3 is 3.06 bits per heavy atom. The lowest BCUT2D eigenvalue weighted by Crippen LogP contribution is -2.41. The molecular weight excluding hydrogens is 240 g/mol. The van der Waals surface area contributed by atoms with E-state index in [4.69, 9.17) is 0 Å². The Balaban J connectivity index is 2.17. The van der Waals surface area contributed by atoms with Crippen LogP contribution >= 0.6 is 11.3 Å². The minimum Gasteiger partial charge on any atom is -0.302 e. The third kappa shape index (κ3) is 1.70. The topological polar surface area (TPSA) is 24.9 Å². The van der Waals surface area contributed by atoms with Crippen LogP contribution < -0.4 is 5.32 Å². The van der Waals surface area contributed by atoms with Gasteiger partial charge in [-0.25, -0.2) is 4.98 Å². The first kappa shape index (κ1) is 11.9. The van der Waals surface area contributed by atoms with Gasteiger partial charge in [-0.3, -0.25) is 0 Å². The molecule has 1 unspecified atom stereocenters. The fourth-order valence-electron chi connectivity index (χ4n) is 2.98. The highest BCUT2D eigenvalue weighted by Crippen LogP contribution is 2.43. The van der Waals surface area contributed by atoms with Gasteiger partial charge < -0.3 is 5.32 Å². The predicted molar refractivity (Wildman–Crippen MR) is 76.1 cm³/mol. The van der Waals surface area contributed by atoms with Gasteiger partial charge in [-0.2, -0.15) is 0 Å². The van der Waals surface area contributed by atoms with E-state index in [9.17, 15) is 0 Å². The average molecular weight is 258 g/mol. The molecule has 0 saturated heterocycles. The summed E-state index contributed by atoms with van der Waals surface area (Å²) >= 11 is 1.75. The Kier molecular flexibility index (Phi) is 2.96. The first-order chi connectivity index (χ1) is 8.76. The van der Waals surface area contributed by atoms with Crippen molar-refractivity contribution in [2.45, 2.75) is 32.2 Å². The average Bonchev–Trinajstić information content (AvgIpc) is 2.98. The van der Waals surface area contributed by atoms with Crippen LogP contribution in [0.1, 0.15) is 35.0 Å². The molecule has 0 fully saturated rings. The first-order valence-corrected chi connectivity index (χ1v) is 7.39. The van der Waals surface area contributed by atoms with Crippen LogP contribution in [0.3, 0.4) is 0 Å². The summed E-state index contributed by atoms with van der Waals surface area (Å²) in [4.78, 5) is 4.57. The lowest BCUT2D eigenvalue weighted by Gasteiger charge is -2.29. The van der Waals surface area contributed by atoms with E-state index in [0.717, 1.165) is 19.4 Å². The van der Waals surface area contributed by atoms with Gasteiger partial charge in [0.05, 0.1) is 5.54 Å². The maximum atomic E-state index is 4.57. The molecule has 0 bridgehead atoms. The predicted octanol–water partition coefficient (Wildman–Crippen LogP) is 3.25. The maximum absolute atomic E-state index is 4.57. The van der Waals surface area contributed by atoms with Crippen molar-refractivity contribution in [2.24, 2.45) is 0 Å². The number of aryl methyl sites for hydroxylation is 2. The van der Waals surface area contributed by atoms with E-state index in [-0.39, 0.29) is 5.54 Å². The van der Waals surface area contributed by atoms with Crippen molar-refractivity contribution >= 4 is 11.3 Å². The van der Waals surface area contributed by atoms with E-state index < -0.39 is 0 Å². The number of nitrogens with zero attached hydrogens (tertiary/aromatic N) is 1. The zero-order valence-corrected chi connectivity index (χ0v) is 11.7. The van der Waals surface area contributed by atoms with Crippen LogP contribution in [0.15, 0.2) is 29.8 Å². The van der Waals surface area contributed by atoms with Crippen LogP contribution in [-0.2, 0) is 12.0 Å². The van der Waals surface area contributed by atoms with Gasteiger partial charge in [0.1, 0.15) is 5.01 Å². The molecule has 2 aromatic rings. The van der Waals surface area contributed by atoms with Crippen molar-refractivity contribution < 1.29 is 0 Å². The Bertz CT molecular complexity index is 544. The molecule has 0 spiro atoms. The minimum absolute atomic E-state index is 0.0513. The number of rotatable bonds is 3. The molecule has 2 nitrogen and oxygen atoms in total. The van der Waals surface area contributed by atoms with Crippen LogP contribution in [0.25, 0.3) is 0 Å². The third-order valence-corrected chi connectivity index (χ3v) is 4.71. The second-order valence-corrected chi connectivity index (χ2v) is 5.83. The van der Waals surface area contributed by atoms with Gasteiger partial charge in [-0.05, 0) is 37.4 Å². The molecule has 0 aliphatic heterocycles. The number of hydrogen-bond acceptors (Lipinski definition) is 3. The number of nitrogens with one attached hydrogen (secondary N) is 1. The normalized spacial score (nSPS) is 22.1. The first-order valence-electron chi connectivity index (χ1n) is 6.51. The second-order valence-electron chi connectivity index (χ2n) is 4.93. The van der Waals surface area contributed by atoms with Crippen molar-refractivity contribution in [3.63, 3.8) is 0 Å². The summed E-state index contributed by atoms with van der Waals surface area (Å²) in [6.07, 6.45) is 4.17. The summed E-state index contributed by atoms with van der Waals surface area (Å²) in [7, 11) is 0. The van der Waals surface area contributed by atoms with E-state index in [2.05, 4.69) is 47.7 Å². The largest absolute Gasteiger partial charge is 0.302 e. The van der Waals surface area contributed by atoms with Crippen LogP contribution in [0.4, 0.5) is 0 Å². The van der Waals surface area contributed by atoms with Crippen molar-refractivity contribution in [3.8, 4) is 0 Å². The smallest absolute Gasteiger partial charge is 0.117 e. The van der Waals surface area contributed by atoms with E-state index >= 15 is 0 Å². The standard InChI is InChI=1S/C15H18N2S/c1-3-17-15(14-16-8-9-18-14)7-6-12-5-4-11(2)10-13(12)15/h4-5,8-10,17H,3,6-7H2,1-2H3. The van der Waals surface area contributed by atoms with E-state index in [1.807, 2.05) is 6.20 Å². The highest BCUT2D eigenvalue weighted by molar-refractivity contribution is 7.09. The number of hydrogen-bond donors (Lipinski definition) is 1. The molecule has 1 aliphatic carbocycles. The molecule has 18 heavy (non-hydrogen) atoms. The monoisotopic (exact) mass is 258 g/mol. The van der Waals surface area contributed by atoms with E-state index in [1.54, 1.807) is 11.3 Å². The van der Waals surface area contributed by atoms with Gasteiger partial charge in [0, 0.05) is 11.6 Å². The van der Waals surface area contributed by atoms with Crippen LogP contribution in [0.5, 0.6) is 0 Å². The molecule has 1 atom stereocenters. The quantitative estimate of drug-likeness (QED) is 0.914. The molecule has 1 aromatic heterocycles. The summed E-state index contributed by atoms with van der Waals surface area (Å²) in [6, 6.07) is 6.81. The van der Waals surface area contributed by atoms with Crippen molar-refractivity contribution in [3.05, 3.63) is 51.5 Å². The highest BCUT2D eigenvalue weighted by Gasteiger charge is 2.41. The molecule has 1 aliphatic rings. The van der Waals surface area contributed by atoms with Gasteiger partial charge in [-0.1, -0.05) is 30.7 Å². The Hall–Kier alpha value is -1.19. The lowest BCUT2D eigenvalue weighted by atomic mass is 9.91. The molecule has 3 heteroatoms. The maximum Gasteiger partial charge on any atom is 0.117 e. The Labute approximate surface area is 112 Å². The molecule has 1 aromatic carbocycles. The Morgan fingerprint density at radius 1 is 1.44 bits per heavy atom. The summed E-state index contributed by atoms with van der Waals surface area (Å²) in [5, 5.41) is 6.97. The fraction of sp³-hybridized carbons (Fsp3) is 0.400. The van der Waals surface area contributed by atoms with Gasteiger partial charge >= 0.3 is 0 Å². The highest BCUT2D eigenvalue weighted by atomic mass is 32.1. The van der Waals surface area contributed by atoms with Crippen molar-refractivity contribution in [1.29, 1.82) is 0 Å². The van der Waals surface area contributed by atoms with E-state index in [0.29, 0.717) is 0 Å².